The summed E-state index contributed by atoms with van der Waals surface area (Å²) in [5, 5.41) is 24.2. The predicted octanol–water partition coefficient (Wildman–Crippen LogP) is 8.11. The number of nitrogens with one attached hydrogen (secondary N) is 1. The average Bonchev–Trinajstić information content (AvgIpc) is 3.66. The molecule has 3 N–H and O–H groups in total. The summed E-state index contributed by atoms with van der Waals surface area (Å²) in [6, 6.07) is 26.4. The summed E-state index contributed by atoms with van der Waals surface area (Å²) in [5.74, 6) is 0.453. The normalized spacial score (nSPS) is 37.5. The maximum Gasteiger partial charge on any atom is 0.326 e. The molecule has 2 bridgehead atoms. The Morgan fingerprint density at radius 2 is 1.50 bits per heavy atom. The second-order valence-corrected chi connectivity index (χ2v) is 18.4. The fourth-order valence-electron chi connectivity index (χ4n) is 13.4. The fourth-order valence-corrected chi connectivity index (χ4v) is 13.4. The van der Waals surface area contributed by atoms with Gasteiger partial charge in [-0.2, -0.15) is 0 Å². The highest BCUT2D eigenvalue weighted by Crippen LogP contribution is 2.78. The van der Waals surface area contributed by atoms with Crippen LogP contribution >= 0.6 is 0 Å². The number of benzene rings is 3. The van der Waals surface area contributed by atoms with Gasteiger partial charge in [0.2, 0.25) is 0 Å². The number of ketones is 1. The number of imidazole rings is 1. The van der Waals surface area contributed by atoms with E-state index in [1.165, 1.54) is 0 Å². The number of carbonyl (C=O) groups is 1. The molecule has 4 fully saturated rings. The number of likely N-dealkylation sites (tertiary alicyclic amines) is 1. The Kier molecular flexibility index (Phi) is 7.64. The van der Waals surface area contributed by atoms with Crippen LogP contribution in [-0.2, 0) is 0 Å². The van der Waals surface area contributed by atoms with Crippen LogP contribution in [-0.4, -0.2) is 61.8 Å². The van der Waals surface area contributed by atoms with Gasteiger partial charge in [-0.1, -0.05) is 98.8 Å². The molecular formula is C47H53N3O4. The van der Waals surface area contributed by atoms with Crippen LogP contribution in [0.2, 0.25) is 0 Å². The van der Waals surface area contributed by atoms with Crippen LogP contribution in [0.1, 0.15) is 88.0 Å². The number of carbonyl (C=O) groups excluding carboxylic acids is 1. The van der Waals surface area contributed by atoms with Crippen molar-refractivity contribution in [2.24, 2.45) is 33.5 Å². The molecule has 7 aliphatic rings. The van der Waals surface area contributed by atoms with Crippen LogP contribution in [0.15, 0.2) is 107 Å². The maximum atomic E-state index is 15.4. The van der Waals surface area contributed by atoms with E-state index in [2.05, 4.69) is 60.2 Å². The van der Waals surface area contributed by atoms with Crippen molar-refractivity contribution in [3.05, 3.63) is 119 Å². The van der Waals surface area contributed by atoms with E-state index in [9.17, 15) is 15.0 Å². The van der Waals surface area contributed by atoms with Crippen LogP contribution in [0.3, 0.4) is 0 Å². The number of H-pyrrole nitrogens is 1. The summed E-state index contributed by atoms with van der Waals surface area (Å²) in [5.41, 5.74) is 3.18. The molecule has 8 atom stereocenters. The van der Waals surface area contributed by atoms with E-state index < -0.39 is 16.4 Å². The predicted molar refractivity (Wildman–Crippen MR) is 212 cm³/mol. The summed E-state index contributed by atoms with van der Waals surface area (Å²) in [6.07, 6.45) is 14.3. The molecule has 2 spiro atoms. The first-order valence-electron chi connectivity index (χ1n) is 20.5. The number of fused-ring (bicyclic) bond motifs is 2. The smallest absolute Gasteiger partial charge is 0.326 e. The van der Waals surface area contributed by atoms with Gasteiger partial charge in [0.1, 0.15) is 0 Å². The summed E-state index contributed by atoms with van der Waals surface area (Å²) in [7, 11) is 0. The Morgan fingerprint density at radius 3 is 2.31 bits per heavy atom. The molecule has 1 saturated heterocycles. The van der Waals surface area contributed by atoms with E-state index in [-0.39, 0.29) is 46.3 Å². The molecule has 2 heterocycles. The first kappa shape index (κ1) is 34.5. The van der Waals surface area contributed by atoms with Crippen LogP contribution < -0.4 is 5.69 Å². The number of para-hydroxylation sites is 2. The SMILES string of the molecule is CC12CCC(O)CC13C=CC1(C(C(=O)c4ccccc4-c4ccccc4)=C3)C2CCC2(C)C1CCC2(O)CN1CCC(n2c(=O)[nH]c3ccccc32)CC1. The van der Waals surface area contributed by atoms with Crippen molar-refractivity contribution < 1.29 is 15.0 Å². The minimum atomic E-state index is -0.901. The molecule has 1 aromatic heterocycles. The average molecular weight is 724 g/mol. The van der Waals surface area contributed by atoms with Gasteiger partial charge in [0.25, 0.3) is 0 Å². The first-order chi connectivity index (χ1) is 26.0. The van der Waals surface area contributed by atoms with Gasteiger partial charge in [-0.15, -0.1) is 0 Å². The monoisotopic (exact) mass is 723 g/mol. The van der Waals surface area contributed by atoms with Gasteiger partial charge < -0.3 is 20.1 Å². The van der Waals surface area contributed by atoms with Gasteiger partial charge in [-0.05, 0) is 98.3 Å². The third-order valence-corrected chi connectivity index (χ3v) is 16.2. The lowest BCUT2D eigenvalue weighted by atomic mass is 9.32. The summed E-state index contributed by atoms with van der Waals surface area (Å²) < 4.78 is 1.94. The Labute approximate surface area is 317 Å². The lowest BCUT2D eigenvalue weighted by Crippen LogP contribution is -2.67. The highest BCUT2D eigenvalue weighted by molar-refractivity contribution is 6.14. The van der Waals surface area contributed by atoms with E-state index in [0.717, 1.165) is 91.3 Å². The van der Waals surface area contributed by atoms with Crippen LogP contribution in [0, 0.1) is 33.5 Å². The highest BCUT2D eigenvalue weighted by Gasteiger charge is 2.74. The topological polar surface area (TPSA) is 98.6 Å². The number of β-amino-alcohol motifs (C(OH)–C–C–N with tert-alkyl or cyclic N) is 1. The quantitative estimate of drug-likeness (QED) is 0.138. The van der Waals surface area contributed by atoms with E-state index in [0.29, 0.717) is 19.4 Å². The second-order valence-electron chi connectivity index (χ2n) is 18.4. The molecule has 0 amide bonds. The van der Waals surface area contributed by atoms with E-state index in [1.54, 1.807) is 0 Å². The first-order valence-corrected chi connectivity index (χ1v) is 20.5. The lowest BCUT2D eigenvalue weighted by Gasteiger charge is -2.71. The Bertz CT molecular complexity index is 2260. The van der Waals surface area contributed by atoms with Crippen molar-refractivity contribution in [3.8, 4) is 11.1 Å². The number of piperidine rings is 1. The van der Waals surface area contributed by atoms with E-state index >= 15 is 4.79 Å². The van der Waals surface area contributed by atoms with Gasteiger partial charge in [-0.25, -0.2) is 4.79 Å². The van der Waals surface area contributed by atoms with Gasteiger partial charge in [-0.3, -0.25) is 9.36 Å². The van der Waals surface area contributed by atoms with Crippen LogP contribution in [0.5, 0.6) is 0 Å². The van der Waals surface area contributed by atoms with Gasteiger partial charge in [0.05, 0.1) is 22.7 Å². The number of hydrogen-bond acceptors (Lipinski definition) is 5. The third kappa shape index (κ3) is 4.58. The highest BCUT2D eigenvalue weighted by atomic mass is 16.3. The molecule has 7 nitrogen and oxygen atoms in total. The molecule has 7 heteroatoms. The molecule has 3 saturated carbocycles. The van der Waals surface area contributed by atoms with Gasteiger partial charge in [0, 0.05) is 53.1 Å². The number of allylic oxidation sites excluding steroid dienone is 4. The third-order valence-electron chi connectivity index (χ3n) is 16.2. The number of aliphatic hydroxyl groups excluding tert-OH is 1. The molecule has 4 aromatic rings. The number of aliphatic hydroxyl groups is 2. The Balaban J connectivity index is 0.999. The molecule has 11 rings (SSSR count). The van der Waals surface area contributed by atoms with Crippen molar-refractivity contribution >= 4 is 16.8 Å². The van der Waals surface area contributed by atoms with Crippen molar-refractivity contribution in [1.82, 2.24) is 14.5 Å². The van der Waals surface area contributed by atoms with Crippen LogP contribution in [0.4, 0.5) is 0 Å². The number of aromatic nitrogens is 2. The zero-order chi connectivity index (χ0) is 37.1. The van der Waals surface area contributed by atoms with Crippen molar-refractivity contribution in [2.75, 3.05) is 19.6 Å². The number of rotatable bonds is 6. The molecule has 1 aliphatic heterocycles. The van der Waals surface area contributed by atoms with E-state index in [4.69, 9.17) is 0 Å². The van der Waals surface area contributed by atoms with Gasteiger partial charge in [0.15, 0.2) is 5.78 Å². The number of Topliss-reactive ketones (excluding diaryl/α,β-unsaturated/α-hetero) is 1. The largest absolute Gasteiger partial charge is 0.393 e. The zero-order valence-corrected chi connectivity index (χ0v) is 31.6. The van der Waals surface area contributed by atoms with Crippen molar-refractivity contribution in [1.29, 1.82) is 0 Å². The molecule has 6 aliphatic carbocycles. The molecular weight excluding hydrogens is 671 g/mol. The summed E-state index contributed by atoms with van der Waals surface area (Å²) >= 11 is 0. The number of hydrogen-bond donors (Lipinski definition) is 3. The minimum Gasteiger partial charge on any atom is -0.393 e. The van der Waals surface area contributed by atoms with E-state index in [1.807, 2.05) is 65.2 Å². The lowest BCUT2D eigenvalue weighted by molar-refractivity contribution is -0.176. The molecule has 3 aromatic carbocycles. The minimum absolute atomic E-state index is 0.0431. The van der Waals surface area contributed by atoms with Crippen molar-refractivity contribution in [3.63, 3.8) is 0 Å². The fraction of sp³-hybridized carbons (Fsp3) is 0.489. The second kappa shape index (κ2) is 12.0. The Hall–Kier alpha value is -4.04. The molecule has 0 radical (unpaired) electrons. The number of aromatic amines is 1. The summed E-state index contributed by atoms with van der Waals surface area (Å²) in [6.45, 7) is 7.05. The van der Waals surface area contributed by atoms with Crippen molar-refractivity contribution in [2.45, 2.75) is 89.4 Å². The summed E-state index contributed by atoms with van der Waals surface area (Å²) in [4.78, 5) is 33.9. The number of nitrogens with zero attached hydrogens (tertiary/aromatic N) is 2. The molecule has 280 valence electrons. The molecule has 8 unspecified atom stereocenters. The molecule has 54 heavy (non-hydrogen) atoms. The maximum absolute atomic E-state index is 15.4. The Morgan fingerprint density at radius 1 is 0.815 bits per heavy atom. The zero-order valence-electron chi connectivity index (χ0n) is 31.6. The van der Waals surface area contributed by atoms with Gasteiger partial charge >= 0.3 is 5.69 Å². The van der Waals surface area contributed by atoms with Crippen LogP contribution in [0.25, 0.3) is 22.2 Å². The standard InChI is InChI=1S/C47H53N3O4/c1-43-21-16-33(51)28-45(43)24-25-47(36(29-45)41(52)35-13-7-6-12-34(35)31-10-4-3-5-11-31)39(43)17-22-44(2)40(47)18-23-46(44,54)30-49-26-19-32(20-27-49)50-38-15-9-8-14-37(38)48-42(50)53/h3-15,24-25,29,32-33,39-40,51,54H,16-23,26-28,30H2,1-2H3,(H,48,53).